The zero-order chi connectivity index (χ0) is 18.5. The molecule has 0 saturated carbocycles. The fraction of sp³-hybridized carbons (Fsp3) is 0.150. The lowest BCUT2D eigenvalue weighted by Gasteiger charge is -2.14. The van der Waals surface area contributed by atoms with Crippen molar-refractivity contribution in [1.82, 2.24) is 0 Å². The third-order valence-electron chi connectivity index (χ3n) is 3.65. The van der Waals surface area contributed by atoms with Gasteiger partial charge in [-0.1, -0.05) is 29.8 Å². The molecule has 1 heterocycles. The van der Waals surface area contributed by atoms with Crippen LogP contribution in [0.3, 0.4) is 0 Å². The van der Waals surface area contributed by atoms with Gasteiger partial charge in [0.25, 0.3) is 0 Å². The highest BCUT2D eigenvalue weighted by Crippen LogP contribution is 2.31. The molecule has 0 aliphatic heterocycles. The number of hydrogen-bond donors (Lipinski definition) is 2. The van der Waals surface area contributed by atoms with Gasteiger partial charge in [-0.2, -0.15) is 0 Å². The van der Waals surface area contributed by atoms with Crippen molar-refractivity contribution in [3.05, 3.63) is 70.1 Å². The highest BCUT2D eigenvalue weighted by molar-refractivity contribution is 7.12. The van der Waals surface area contributed by atoms with Crippen molar-refractivity contribution < 1.29 is 9.53 Å². The van der Waals surface area contributed by atoms with Gasteiger partial charge in [-0.25, -0.2) is 0 Å². The van der Waals surface area contributed by atoms with Crippen LogP contribution in [0.1, 0.15) is 18.1 Å². The Bertz CT molecular complexity index is 906. The lowest BCUT2D eigenvalue weighted by Crippen LogP contribution is -2.10. The molecule has 0 unspecified atom stereocenters. The summed E-state index contributed by atoms with van der Waals surface area (Å²) in [4.78, 5) is 11.4. The molecule has 3 rings (SSSR count). The van der Waals surface area contributed by atoms with E-state index in [1.807, 2.05) is 49.4 Å². The minimum atomic E-state index is -0.161. The number of carbonyl (C=O) groups excluding carboxylic acids is 1. The van der Waals surface area contributed by atoms with Gasteiger partial charge in [-0.3, -0.25) is 4.79 Å². The molecule has 0 saturated heterocycles. The Morgan fingerprint density at radius 2 is 1.96 bits per heavy atom. The first-order valence-corrected chi connectivity index (χ1v) is 9.39. The number of aryl methyl sites for hydroxylation is 1. The van der Waals surface area contributed by atoms with Gasteiger partial charge >= 0.3 is 0 Å². The van der Waals surface area contributed by atoms with E-state index in [0.717, 1.165) is 22.1 Å². The number of thiophene rings is 1. The molecule has 0 spiro atoms. The first-order valence-electron chi connectivity index (χ1n) is 8.13. The molecule has 26 heavy (non-hydrogen) atoms. The third-order valence-corrected chi connectivity index (χ3v) is 4.88. The molecule has 0 aliphatic carbocycles. The number of nitrogens with one attached hydrogen (secondary N) is 2. The van der Waals surface area contributed by atoms with E-state index in [2.05, 4.69) is 16.0 Å². The number of benzene rings is 2. The van der Waals surface area contributed by atoms with Crippen LogP contribution in [-0.4, -0.2) is 5.91 Å². The molecule has 1 aromatic heterocycles. The molecule has 2 aromatic carbocycles. The summed E-state index contributed by atoms with van der Waals surface area (Å²) < 4.78 is 5.83. The molecular weight excluding hydrogens is 368 g/mol. The number of ether oxygens (including phenoxy) is 1. The summed E-state index contributed by atoms with van der Waals surface area (Å²) in [5.74, 6) is 0.642. The molecule has 0 aliphatic rings. The molecule has 1 amide bonds. The Kier molecular flexibility index (Phi) is 5.81. The summed E-state index contributed by atoms with van der Waals surface area (Å²) >= 11 is 7.77. The summed E-state index contributed by atoms with van der Waals surface area (Å²) in [7, 11) is 0. The minimum absolute atomic E-state index is 0.161. The number of para-hydroxylation sites is 1. The van der Waals surface area contributed by atoms with Crippen LogP contribution in [0.15, 0.2) is 53.9 Å². The number of anilines is 2. The van der Waals surface area contributed by atoms with E-state index in [1.54, 1.807) is 17.4 Å². The Hall–Kier alpha value is -2.50. The van der Waals surface area contributed by atoms with Crippen molar-refractivity contribution in [2.24, 2.45) is 0 Å². The van der Waals surface area contributed by atoms with Crippen LogP contribution in [0.25, 0.3) is 0 Å². The van der Waals surface area contributed by atoms with E-state index in [1.165, 1.54) is 12.5 Å². The van der Waals surface area contributed by atoms with E-state index in [4.69, 9.17) is 16.3 Å². The van der Waals surface area contributed by atoms with Crippen LogP contribution in [0, 0.1) is 6.92 Å². The summed E-state index contributed by atoms with van der Waals surface area (Å²) in [6.07, 6.45) is 0. The quantitative estimate of drug-likeness (QED) is 0.540. The predicted octanol–water partition coefficient (Wildman–Crippen LogP) is 6.07. The van der Waals surface area contributed by atoms with Crippen molar-refractivity contribution in [2.45, 2.75) is 20.4 Å². The van der Waals surface area contributed by atoms with Crippen molar-refractivity contribution in [3.8, 4) is 10.8 Å². The molecule has 2 N–H and O–H groups in total. The van der Waals surface area contributed by atoms with Crippen LogP contribution in [0.4, 0.5) is 11.4 Å². The van der Waals surface area contributed by atoms with E-state index in [-0.39, 0.29) is 5.91 Å². The zero-order valence-corrected chi connectivity index (χ0v) is 16.1. The van der Waals surface area contributed by atoms with Gasteiger partial charge in [0.2, 0.25) is 5.91 Å². The predicted molar refractivity (Wildman–Crippen MR) is 109 cm³/mol. The van der Waals surface area contributed by atoms with Gasteiger partial charge in [0, 0.05) is 13.5 Å². The fourth-order valence-electron chi connectivity index (χ4n) is 2.42. The Morgan fingerprint density at radius 3 is 2.62 bits per heavy atom. The summed E-state index contributed by atoms with van der Waals surface area (Å²) in [6, 6.07) is 15.4. The highest BCUT2D eigenvalue weighted by atomic mass is 35.5. The van der Waals surface area contributed by atoms with Crippen molar-refractivity contribution in [1.29, 1.82) is 0 Å². The second-order valence-corrected chi connectivity index (χ2v) is 7.17. The maximum atomic E-state index is 11.4. The monoisotopic (exact) mass is 386 g/mol. The van der Waals surface area contributed by atoms with Gasteiger partial charge < -0.3 is 15.4 Å². The van der Waals surface area contributed by atoms with Gasteiger partial charge in [0.1, 0.15) is 5.75 Å². The molecule has 134 valence electrons. The smallest absolute Gasteiger partial charge is 0.221 e. The first kappa shape index (κ1) is 18.3. The Labute approximate surface area is 161 Å². The van der Waals surface area contributed by atoms with E-state index in [0.29, 0.717) is 17.3 Å². The molecule has 0 radical (unpaired) electrons. The highest BCUT2D eigenvalue weighted by Gasteiger charge is 2.08. The van der Waals surface area contributed by atoms with Crippen LogP contribution in [0.5, 0.6) is 10.8 Å². The lowest BCUT2D eigenvalue weighted by molar-refractivity contribution is -0.114. The largest absolute Gasteiger partial charge is 0.447 e. The fourth-order valence-corrected chi connectivity index (χ4v) is 3.41. The molecular formula is C20H19ClN2O2S. The maximum Gasteiger partial charge on any atom is 0.221 e. The normalized spacial score (nSPS) is 10.4. The van der Waals surface area contributed by atoms with Crippen molar-refractivity contribution in [3.63, 3.8) is 0 Å². The summed E-state index contributed by atoms with van der Waals surface area (Å²) in [5.41, 5.74) is 3.66. The summed E-state index contributed by atoms with van der Waals surface area (Å²) in [6.45, 7) is 4.11. The van der Waals surface area contributed by atoms with Gasteiger partial charge in [0.05, 0.1) is 16.4 Å². The SMILES string of the molecule is CC(=O)Nc1c(Cl)cccc1NCc1ccc(Oc2cc(C)cs2)cc1. The second-order valence-electron chi connectivity index (χ2n) is 5.89. The van der Waals surface area contributed by atoms with E-state index >= 15 is 0 Å². The number of hydrogen-bond acceptors (Lipinski definition) is 4. The number of amides is 1. The van der Waals surface area contributed by atoms with Crippen molar-refractivity contribution in [2.75, 3.05) is 10.6 Å². The maximum absolute atomic E-state index is 11.4. The standard InChI is InChI=1S/C20H19ClN2O2S/c1-13-10-19(26-12-13)25-16-8-6-15(7-9-16)11-22-18-5-3-4-17(21)20(18)23-14(2)24/h3-10,12,22H,11H2,1-2H3,(H,23,24). The molecule has 6 heteroatoms. The average Bonchev–Trinajstić information content (AvgIpc) is 3.01. The van der Waals surface area contributed by atoms with Crippen LogP contribution < -0.4 is 15.4 Å². The molecule has 0 atom stereocenters. The lowest BCUT2D eigenvalue weighted by atomic mass is 10.2. The zero-order valence-electron chi connectivity index (χ0n) is 14.5. The Morgan fingerprint density at radius 1 is 1.19 bits per heavy atom. The molecule has 0 fully saturated rings. The average molecular weight is 387 g/mol. The van der Waals surface area contributed by atoms with E-state index in [9.17, 15) is 4.79 Å². The van der Waals surface area contributed by atoms with Gasteiger partial charge in [-0.15, -0.1) is 11.3 Å². The van der Waals surface area contributed by atoms with Gasteiger partial charge in [0.15, 0.2) is 5.06 Å². The first-order chi connectivity index (χ1) is 12.5. The number of halogens is 1. The van der Waals surface area contributed by atoms with Crippen molar-refractivity contribution >= 4 is 40.2 Å². The van der Waals surface area contributed by atoms with Crippen LogP contribution in [-0.2, 0) is 11.3 Å². The molecule has 0 bridgehead atoms. The van der Waals surface area contributed by atoms with E-state index < -0.39 is 0 Å². The van der Waals surface area contributed by atoms with Crippen LogP contribution in [0.2, 0.25) is 5.02 Å². The third kappa shape index (κ3) is 4.77. The number of carbonyl (C=O) groups is 1. The summed E-state index contributed by atoms with van der Waals surface area (Å²) in [5, 5.41) is 9.52. The molecule has 4 nitrogen and oxygen atoms in total. The number of rotatable bonds is 6. The molecule has 3 aromatic rings. The van der Waals surface area contributed by atoms with Gasteiger partial charge in [-0.05, 0) is 53.8 Å². The van der Waals surface area contributed by atoms with Crippen LogP contribution >= 0.6 is 22.9 Å². The Balaban J connectivity index is 1.65. The second kappa shape index (κ2) is 8.25. The topological polar surface area (TPSA) is 50.4 Å². The minimum Gasteiger partial charge on any atom is -0.447 e.